The predicted octanol–water partition coefficient (Wildman–Crippen LogP) is 2.56. The van der Waals surface area contributed by atoms with Gasteiger partial charge in [0.2, 0.25) is 0 Å². The minimum atomic E-state index is -4.54. The van der Waals surface area contributed by atoms with Gasteiger partial charge in [-0.1, -0.05) is 12.1 Å². The van der Waals surface area contributed by atoms with E-state index in [0.29, 0.717) is 0 Å². The summed E-state index contributed by atoms with van der Waals surface area (Å²) in [5.41, 5.74) is 5.07. The second-order valence-corrected chi connectivity index (χ2v) is 3.45. The number of halogens is 5. The van der Waals surface area contributed by atoms with E-state index in [1.807, 2.05) is 0 Å². The fraction of sp³-hybridized carbons (Fsp3) is 0.400. The van der Waals surface area contributed by atoms with E-state index in [2.05, 4.69) is 0 Å². The van der Waals surface area contributed by atoms with E-state index in [1.165, 1.54) is 12.1 Å². The normalized spacial score (nSPS) is 14.9. The molecular weight excluding hydrogens is 262 g/mol. The number of aliphatic hydroxyl groups is 1. The average molecular weight is 274 g/mol. The highest BCUT2D eigenvalue weighted by Crippen LogP contribution is 2.26. The molecule has 0 aliphatic heterocycles. The zero-order valence-electron chi connectivity index (χ0n) is 8.62. The molecule has 0 spiro atoms. The van der Waals surface area contributed by atoms with E-state index in [-0.39, 0.29) is 18.0 Å². The van der Waals surface area contributed by atoms with Gasteiger partial charge in [0.1, 0.15) is 11.9 Å². The lowest BCUT2D eigenvalue weighted by molar-refractivity contribution is -0.153. The lowest BCUT2D eigenvalue weighted by atomic mass is 10.0. The van der Waals surface area contributed by atoms with Gasteiger partial charge >= 0.3 is 6.18 Å². The molecule has 0 bridgehead atoms. The van der Waals surface area contributed by atoms with Crippen LogP contribution in [0.5, 0.6) is 0 Å². The Morgan fingerprint density at radius 1 is 1.18 bits per heavy atom. The van der Waals surface area contributed by atoms with Crippen LogP contribution in [-0.2, 0) is 0 Å². The van der Waals surface area contributed by atoms with Gasteiger partial charge in [0.15, 0.2) is 0 Å². The number of aliphatic hydroxyl groups excluding tert-OH is 1. The van der Waals surface area contributed by atoms with Gasteiger partial charge in [-0.25, -0.2) is 4.39 Å². The topological polar surface area (TPSA) is 46.2 Å². The Kier molecular flexibility index (Phi) is 5.87. The Bertz CT molecular complexity index is 341. The molecule has 1 rings (SSSR count). The summed E-state index contributed by atoms with van der Waals surface area (Å²) in [6.45, 7) is 0. The molecule has 0 saturated heterocycles. The minimum Gasteiger partial charge on any atom is -0.388 e. The molecule has 0 heterocycles. The van der Waals surface area contributed by atoms with E-state index < -0.39 is 30.6 Å². The third-order valence-electron chi connectivity index (χ3n) is 2.15. The van der Waals surface area contributed by atoms with Crippen LogP contribution in [0.1, 0.15) is 18.1 Å². The Morgan fingerprint density at radius 3 is 2.06 bits per heavy atom. The SMILES string of the molecule is Cl.N[C@H](C[C@H](O)c1ccc(F)cc1)C(F)(F)F. The zero-order chi connectivity index (χ0) is 12.3. The van der Waals surface area contributed by atoms with Crippen LogP contribution in [0.2, 0.25) is 0 Å². The first kappa shape index (κ1) is 16.1. The van der Waals surface area contributed by atoms with Gasteiger partial charge in [-0.3, -0.25) is 0 Å². The summed E-state index contributed by atoms with van der Waals surface area (Å²) >= 11 is 0. The quantitative estimate of drug-likeness (QED) is 0.832. The molecule has 17 heavy (non-hydrogen) atoms. The molecule has 0 aromatic heterocycles. The fourth-order valence-corrected chi connectivity index (χ4v) is 1.20. The molecule has 1 aromatic rings. The number of benzene rings is 1. The van der Waals surface area contributed by atoms with Crippen LogP contribution in [0, 0.1) is 5.82 Å². The van der Waals surface area contributed by atoms with Gasteiger partial charge in [0, 0.05) is 6.42 Å². The van der Waals surface area contributed by atoms with E-state index >= 15 is 0 Å². The van der Waals surface area contributed by atoms with Crippen LogP contribution in [0.15, 0.2) is 24.3 Å². The van der Waals surface area contributed by atoms with Crippen molar-refractivity contribution in [1.82, 2.24) is 0 Å². The summed E-state index contributed by atoms with van der Waals surface area (Å²) < 4.78 is 48.8. The predicted molar refractivity (Wildman–Crippen MR) is 57.3 cm³/mol. The molecule has 2 atom stereocenters. The van der Waals surface area contributed by atoms with Gasteiger partial charge in [0.25, 0.3) is 0 Å². The van der Waals surface area contributed by atoms with E-state index in [9.17, 15) is 22.7 Å². The third-order valence-corrected chi connectivity index (χ3v) is 2.15. The summed E-state index contributed by atoms with van der Waals surface area (Å²) in [5.74, 6) is -0.518. The number of nitrogens with two attached hydrogens (primary N) is 1. The highest BCUT2D eigenvalue weighted by atomic mass is 35.5. The van der Waals surface area contributed by atoms with Crippen LogP contribution in [0.25, 0.3) is 0 Å². The third kappa shape index (κ3) is 4.89. The van der Waals surface area contributed by atoms with Crippen molar-refractivity contribution in [1.29, 1.82) is 0 Å². The molecule has 0 radical (unpaired) electrons. The number of alkyl halides is 3. The Hall–Kier alpha value is -0.850. The second kappa shape index (κ2) is 6.18. The number of hydrogen-bond donors (Lipinski definition) is 2. The van der Waals surface area contributed by atoms with Crippen LogP contribution in [-0.4, -0.2) is 17.3 Å². The van der Waals surface area contributed by atoms with Gasteiger partial charge < -0.3 is 10.8 Å². The second-order valence-electron chi connectivity index (χ2n) is 3.45. The molecule has 0 saturated carbocycles. The lowest BCUT2D eigenvalue weighted by Gasteiger charge is -2.19. The number of hydrogen-bond acceptors (Lipinski definition) is 2. The summed E-state index contributed by atoms with van der Waals surface area (Å²) in [6.07, 6.45) is -6.53. The number of rotatable bonds is 3. The van der Waals surface area contributed by atoms with Crippen LogP contribution in [0.3, 0.4) is 0 Å². The molecule has 98 valence electrons. The molecular formula is C10H12ClF4NO. The highest BCUT2D eigenvalue weighted by molar-refractivity contribution is 5.85. The van der Waals surface area contributed by atoms with Crippen LogP contribution >= 0.6 is 12.4 Å². The van der Waals surface area contributed by atoms with Crippen molar-refractivity contribution in [2.45, 2.75) is 24.7 Å². The summed E-state index contributed by atoms with van der Waals surface area (Å²) in [4.78, 5) is 0. The van der Waals surface area contributed by atoms with Crippen molar-refractivity contribution >= 4 is 12.4 Å². The zero-order valence-corrected chi connectivity index (χ0v) is 9.43. The van der Waals surface area contributed by atoms with Gasteiger partial charge in [0.05, 0.1) is 6.10 Å². The maximum Gasteiger partial charge on any atom is 0.403 e. The van der Waals surface area contributed by atoms with Crippen molar-refractivity contribution in [3.05, 3.63) is 35.6 Å². The maximum absolute atomic E-state index is 12.5. The van der Waals surface area contributed by atoms with Crippen molar-refractivity contribution in [2.24, 2.45) is 5.73 Å². The molecule has 0 aliphatic rings. The first-order chi connectivity index (χ1) is 7.30. The van der Waals surface area contributed by atoms with Crippen LogP contribution < -0.4 is 5.73 Å². The molecule has 0 aliphatic carbocycles. The van der Waals surface area contributed by atoms with Gasteiger partial charge in [-0.05, 0) is 17.7 Å². The van der Waals surface area contributed by atoms with Crippen LogP contribution in [0.4, 0.5) is 17.6 Å². The molecule has 3 N–H and O–H groups in total. The Labute approximate surface area is 102 Å². The largest absolute Gasteiger partial charge is 0.403 e. The summed E-state index contributed by atoms with van der Waals surface area (Å²) in [7, 11) is 0. The summed E-state index contributed by atoms with van der Waals surface area (Å²) in [5, 5.41) is 9.44. The monoisotopic (exact) mass is 273 g/mol. The Balaban J connectivity index is 0.00000256. The summed E-state index contributed by atoms with van der Waals surface area (Å²) in [6, 6.07) is 2.49. The van der Waals surface area contributed by atoms with Crippen molar-refractivity contribution in [3.8, 4) is 0 Å². The highest BCUT2D eigenvalue weighted by Gasteiger charge is 2.37. The Morgan fingerprint density at radius 2 is 1.65 bits per heavy atom. The molecule has 0 amide bonds. The standard InChI is InChI=1S/C10H11F4NO.ClH/c11-7-3-1-6(2-4-7)8(16)5-9(15)10(12,13)14;/h1-4,8-9,16H,5,15H2;1H/t8-,9+;/m0./s1. The van der Waals surface area contributed by atoms with E-state index in [1.54, 1.807) is 0 Å². The van der Waals surface area contributed by atoms with Crippen molar-refractivity contribution < 1.29 is 22.7 Å². The molecule has 2 nitrogen and oxygen atoms in total. The van der Waals surface area contributed by atoms with Gasteiger partial charge in [-0.2, -0.15) is 13.2 Å². The van der Waals surface area contributed by atoms with E-state index in [0.717, 1.165) is 12.1 Å². The fourth-order valence-electron chi connectivity index (χ4n) is 1.20. The molecule has 0 fully saturated rings. The van der Waals surface area contributed by atoms with E-state index in [4.69, 9.17) is 5.73 Å². The molecule has 0 unspecified atom stereocenters. The molecule has 1 aromatic carbocycles. The average Bonchev–Trinajstić information content (AvgIpc) is 2.17. The lowest BCUT2D eigenvalue weighted by Crippen LogP contribution is -2.38. The van der Waals surface area contributed by atoms with Crippen molar-refractivity contribution in [2.75, 3.05) is 0 Å². The minimum absolute atomic E-state index is 0. The van der Waals surface area contributed by atoms with Gasteiger partial charge in [-0.15, -0.1) is 12.4 Å². The first-order valence-corrected chi connectivity index (χ1v) is 4.56. The molecule has 7 heteroatoms. The van der Waals surface area contributed by atoms with Crippen molar-refractivity contribution in [3.63, 3.8) is 0 Å². The smallest absolute Gasteiger partial charge is 0.388 e. The first-order valence-electron chi connectivity index (χ1n) is 4.56. The maximum atomic E-state index is 12.5.